The molecule has 0 saturated carbocycles. The number of thiophene rings is 1. The molecule has 2 aliphatic heterocycles. The molecule has 2 aliphatic rings. The van der Waals surface area contributed by atoms with Gasteiger partial charge in [0.05, 0.1) is 0 Å². The van der Waals surface area contributed by atoms with Crippen molar-refractivity contribution in [3.63, 3.8) is 0 Å². The van der Waals surface area contributed by atoms with Crippen molar-refractivity contribution in [1.82, 2.24) is 0 Å². The number of aryl methyl sites for hydroxylation is 1. The Morgan fingerprint density at radius 2 is 1.39 bits per heavy atom. The lowest BCUT2D eigenvalue weighted by atomic mass is 9.33. The molecule has 0 radical (unpaired) electrons. The fraction of sp³-hybridized carbons (Fsp3) is 0.135. The quantitative estimate of drug-likeness (QED) is 0.206. The van der Waals surface area contributed by atoms with Gasteiger partial charge in [-0.25, -0.2) is 0 Å². The molecule has 0 amide bonds. The summed E-state index contributed by atoms with van der Waals surface area (Å²) in [6, 6.07) is 39.5. The molecular formula is C37H30BNOS. The number of nitrogens with zero attached hydrogens (tertiary/aromatic N) is 1. The van der Waals surface area contributed by atoms with Gasteiger partial charge in [-0.2, -0.15) is 0 Å². The Balaban J connectivity index is 1.38. The molecule has 0 aliphatic carbocycles. The summed E-state index contributed by atoms with van der Waals surface area (Å²) in [5.41, 5.74) is 11.3. The molecule has 0 atom stereocenters. The van der Waals surface area contributed by atoms with E-state index in [2.05, 4.69) is 142 Å². The lowest BCUT2D eigenvalue weighted by Crippen LogP contribution is -2.57. The molecule has 198 valence electrons. The van der Waals surface area contributed by atoms with Gasteiger partial charge in [0.15, 0.2) is 0 Å². The Labute approximate surface area is 245 Å². The van der Waals surface area contributed by atoms with E-state index >= 15 is 0 Å². The molecule has 3 heterocycles. The number of para-hydroxylation sites is 2. The van der Waals surface area contributed by atoms with Gasteiger partial charge >= 0.3 is 0 Å². The third kappa shape index (κ3) is 3.70. The van der Waals surface area contributed by atoms with Gasteiger partial charge in [-0.15, -0.1) is 11.3 Å². The Bertz CT molecular complexity index is 1930. The Hall–Kier alpha value is -4.28. The summed E-state index contributed by atoms with van der Waals surface area (Å²) >= 11 is 1.91. The molecule has 5 aromatic carbocycles. The summed E-state index contributed by atoms with van der Waals surface area (Å²) in [7, 11) is 0. The first-order valence-corrected chi connectivity index (χ1v) is 15.1. The van der Waals surface area contributed by atoms with E-state index in [1.807, 2.05) is 11.3 Å². The molecular weight excluding hydrogens is 517 g/mol. The average Bonchev–Trinajstić information content (AvgIpc) is 3.32. The predicted molar refractivity (Wildman–Crippen MR) is 177 cm³/mol. The highest BCUT2D eigenvalue weighted by atomic mass is 32.1. The van der Waals surface area contributed by atoms with Crippen molar-refractivity contribution in [1.29, 1.82) is 0 Å². The van der Waals surface area contributed by atoms with Crippen LogP contribution in [0.2, 0.25) is 0 Å². The molecule has 6 aromatic rings. The molecule has 0 N–H and O–H groups in total. The largest absolute Gasteiger partial charge is 0.458 e. The van der Waals surface area contributed by atoms with Gasteiger partial charge in [0.1, 0.15) is 11.5 Å². The standard InChI is InChI=1S/C37H30BNOS/c1-23-34-28-20-24(37(2,3)4)21-32-36(28)38(30-16-11-17-33(41-23)35(30)34)29-19-18-27(22-31(29)40-32)39(25-12-7-5-8-13-25)26-14-9-6-10-15-26/h5-22H,1-4H3. The summed E-state index contributed by atoms with van der Waals surface area (Å²) in [5, 5.41) is 1.41. The molecule has 2 nitrogen and oxygen atoms in total. The van der Waals surface area contributed by atoms with Gasteiger partial charge in [0.2, 0.25) is 0 Å². The molecule has 8 rings (SSSR count). The van der Waals surface area contributed by atoms with Crippen molar-refractivity contribution in [3.05, 3.63) is 120 Å². The number of fused-ring (bicyclic) bond motifs is 4. The SMILES string of the molecule is Cc1sc2cccc3c2c1-c1cc(C(C)(C)C)cc2c1B3c1ccc(N(c3ccccc3)c3ccccc3)cc1O2. The van der Waals surface area contributed by atoms with Crippen LogP contribution in [0.15, 0.2) is 109 Å². The zero-order valence-corrected chi connectivity index (χ0v) is 24.5. The van der Waals surface area contributed by atoms with E-state index in [4.69, 9.17) is 4.74 Å². The van der Waals surface area contributed by atoms with Crippen LogP contribution < -0.4 is 26.0 Å². The molecule has 0 unspecified atom stereocenters. The second-order valence-electron chi connectivity index (χ2n) is 12.2. The molecule has 0 saturated heterocycles. The van der Waals surface area contributed by atoms with Gasteiger partial charge in [0.25, 0.3) is 6.71 Å². The first-order chi connectivity index (χ1) is 19.9. The second-order valence-corrected chi connectivity index (χ2v) is 13.5. The monoisotopic (exact) mass is 547 g/mol. The minimum absolute atomic E-state index is 0.00391. The van der Waals surface area contributed by atoms with Crippen LogP contribution >= 0.6 is 11.3 Å². The lowest BCUT2D eigenvalue weighted by molar-refractivity contribution is 0.483. The first kappa shape index (κ1) is 24.5. The summed E-state index contributed by atoms with van der Waals surface area (Å²) in [6.45, 7) is 9.28. The molecule has 0 spiro atoms. The van der Waals surface area contributed by atoms with E-state index in [0.29, 0.717) is 0 Å². The van der Waals surface area contributed by atoms with Gasteiger partial charge in [-0.05, 0) is 82.2 Å². The number of hydrogen-bond donors (Lipinski definition) is 0. The second kappa shape index (κ2) is 8.86. The minimum atomic E-state index is 0.00391. The fourth-order valence-corrected chi connectivity index (χ4v) is 7.81. The molecule has 1 aromatic heterocycles. The number of rotatable bonds is 3. The van der Waals surface area contributed by atoms with E-state index in [-0.39, 0.29) is 12.1 Å². The summed E-state index contributed by atoms with van der Waals surface area (Å²) in [5.74, 6) is 1.92. The van der Waals surface area contributed by atoms with E-state index < -0.39 is 0 Å². The van der Waals surface area contributed by atoms with Crippen LogP contribution in [-0.2, 0) is 5.41 Å². The first-order valence-electron chi connectivity index (χ1n) is 14.3. The smallest absolute Gasteiger partial charge is 0.252 e. The fourth-order valence-electron chi connectivity index (χ4n) is 6.69. The Morgan fingerprint density at radius 3 is 2.07 bits per heavy atom. The van der Waals surface area contributed by atoms with Gasteiger partial charge < -0.3 is 9.64 Å². The van der Waals surface area contributed by atoms with Gasteiger partial charge in [0, 0.05) is 38.3 Å². The highest BCUT2D eigenvalue weighted by Crippen LogP contribution is 2.45. The Kier molecular flexibility index (Phi) is 5.30. The van der Waals surface area contributed by atoms with Crippen LogP contribution in [0.3, 0.4) is 0 Å². The highest BCUT2D eigenvalue weighted by molar-refractivity contribution is 7.20. The van der Waals surface area contributed by atoms with Gasteiger partial charge in [-0.3, -0.25) is 0 Å². The minimum Gasteiger partial charge on any atom is -0.458 e. The van der Waals surface area contributed by atoms with Crippen LogP contribution in [0.1, 0.15) is 31.2 Å². The summed E-state index contributed by atoms with van der Waals surface area (Å²) in [6.07, 6.45) is 0. The summed E-state index contributed by atoms with van der Waals surface area (Å²) in [4.78, 5) is 3.68. The van der Waals surface area contributed by atoms with Crippen molar-refractivity contribution < 1.29 is 4.74 Å². The number of hydrogen-bond acceptors (Lipinski definition) is 3. The van der Waals surface area contributed by atoms with Crippen LogP contribution in [0, 0.1) is 6.92 Å². The van der Waals surface area contributed by atoms with Crippen LogP contribution in [0.5, 0.6) is 11.5 Å². The molecule has 0 bridgehead atoms. The van der Waals surface area contributed by atoms with Crippen LogP contribution in [-0.4, -0.2) is 6.71 Å². The van der Waals surface area contributed by atoms with Crippen LogP contribution in [0.4, 0.5) is 17.1 Å². The third-order valence-electron chi connectivity index (χ3n) is 8.62. The molecule has 41 heavy (non-hydrogen) atoms. The lowest BCUT2D eigenvalue weighted by Gasteiger charge is -2.35. The maximum absolute atomic E-state index is 6.93. The van der Waals surface area contributed by atoms with Crippen molar-refractivity contribution in [2.24, 2.45) is 0 Å². The normalized spacial score (nSPS) is 13.0. The zero-order chi connectivity index (χ0) is 27.9. The number of anilines is 3. The van der Waals surface area contributed by atoms with Crippen molar-refractivity contribution in [2.45, 2.75) is 33.1 Å². The van der Waals surface area contributed by atoms with E-state index in [1.165, 1.54) is 48.0 Å². The van der Waals surface area contributed by atoms with Gasteiger partial charge in [-0.1, -0.05) is 86.9 Å². The van der Waals surface area contributed by atoms with Crippen molar-refractivity contribution >= 4 is 61.6 Å². The van der Waals surface area contributed by atoms with E-state index in [9.17, 15) is 0 Å². The highest BCUT2D eigenvalue weighted by Gasteiger charge is 2.41. The van der Waals surface area contributed by atoms with E-state index in [1.54, 1.807) is 0 Å². The number of ether oxygens (including phenoxy) is 1. The summed E-state index contributed by atoms with van der Waals surface area (Å²) < 4.78 is 8.29. The third-order valence-corrected chi connectivity index (χ3v) is 9.69. The predicted octanol–water partition coefficient (Wildman–Crippen LogP) is 8.58. The average molecular weight is 548 g/mol. The zero-order valence-electron chi connectivity index (χ0n) is 23.7. The van der Waals surface area contributed by atoms with Crippen molar-refractivity contribution in [2.75, 3.05) is 4.90 Å². The number of benzene rings is 5. The topological polar surface area (TPSA) is 12.5 Å². The maximum atomic E-state index is 6.93. The maximum Gasteiger partial charge on any atom is 0.252 e. The van der Waals surface area contributed by atoms with Crippen LogP contribution in [0.25, 0.3) is 21.2 Å². The Morgan fingerprint density at radius 1 is 0.683 bits per heavy atom. The van der Waals surface area contributed by atoms with Crippen molar-refractivity contribution in [3.8, 4) is 22.6 Å². The molecule has 0 fully saturated rings. The molecule has 4 heteroatoms. The van der Waals surface area contributed by atoms with E-state index in [0.717, 1.165) is 28.6 Å².